The Morgan fingerprint density at radius 1 is 1.06 bits per heavy atom. The van der Waals surface area contributed by atoms with Crippen molar-refractivity contribution in [2.24, 2.45) is 0 Å². The molecule has 3 N–H and O–H groups in total. The van der Waals surface area contributed by atoms with Gasteiger partial charge in [-0.25, -0.2) is 20.2 Å². The number of hydroxylamine groups is 1. The van der Waals surface area contributed by atoms with Crippen LogP contribution in [0.25, 0.3) is 0 Å². The van der Waals surface area contributed by atoms with Gasteiger partial charge in [-0.3, -0.25) is 9.63 Å². The highest BCUT2D eigenvalue weighted by atomic mass is 35.5. The largest absolute Gasteiger partial charge is 0.417 e. The van der Waals surface area contributed by atoms with E-state index in [0.29, 0.717) is 10.6 Å². The Morgan fingerprint density at radius 2 is 1.74 bits per heavy atom. The van der Waals surface area contributed by atoms with Crippen molar-refractivity contribution in [2.45, 2.75) is 23.2 Å². The highest BCUT2D eigenvalue weighted by Crippen LogP contribution is 2.36. The Labute approximate surface area is 200 Å². The van der Waals surface area contributed by atoms with E-state index in [1.54, 1.807) is 31.2 Å². The van der Waals surface area contributed by atoms with Crippen LogP contribution in [0.5, 0.6) is 0 Å². The molecule has 0 aliphatic rings. The van der Waals surface area contributed by atoms with Crippen LogP contribution < -0.4 is 16.1 Å². The molecule has 14 heteroatoms. The molecule has 3 aromatic rings. The van der Waals surface area contributed by atoms with Gasteiger partial charge in [0, 0.05) is 16.3 Å². The van der Waals surface area contributed by atoms with Gasteiger partial charge in [0.15, 0.2) is 5.16 Å². The first-order valence-corrected chi connectivity index (χ1v) is 10.7. The Morgan fingerprint density at radius 3 is 2.41 bits per heavy atom. The van der Waals surface area contributed by atoms with Crippen molar-refractivity contribution in [1.29, 1.82) is 0 Å². The molecule has 0 aliphatic heterocycles. The van der Waals surface area contributed by atoms with Gasteiger partial charge in [0.05, 0.1) is 17.2 Å². The Hall–Kier alpha value is -3.42. The van der Waals surface area contributed by atoms with Crippen molar-refractivity contribution in [2.75, 3.05) is 17.2 Å². The highest BCUT2D eigenvalue weighted by molar-refractivity contribution is 7.99. The minimum absolute atomic E-state index is 0.0691. The molecule has 0 atom stereocenters. The van der Waals surface area contributed by atoms with Crippen molar-refractivity contribution in [3.63, 3.8) is 0 Å². The first-order chi connectivity index (χ1) is 16.2. The van der Waals surface area contributed by atoms with E-state index in [2.05, 4.69) is 31.1 Å². The number of hydrogen-bond acceptors (Lipinski definition) is 7. The summed E-state index contributed by atoms with van der Waals surface area (Å²) in [6, 6.07) is 8.80. The molecule has 3 rings (SSSR count). The maximum absolute atomic E-state index is 13.0. The standard InChI is InChI=1S/C20H16ClF3N6O3S/c1-2-33-30-17(31)16-25-10-26-19(29-16)34-13-6-3-11(4-7-13)27-18(32)28-12-5-8-15(21)14(9-12)20(22,23)24/h3-10H,2H2,1H3,(H,30,31)(H2,27,28,32). The number of anilines is 2. The number of halogens is 4. The van der Waals surface area contributed by atoms with Gasteiger partial charge in [-0.2, -0.15) is 18.2 Å². The maximum atomic E-state index is 13.0. The molecule has 0 saturated carbocycles. The molecule has 9 nitrogen and oxygen atoms in total. The second-order valence-electron chi connectivity index (χ2n) is 6.35. The van der Waals surface area contributed by atoms with E-state index in [-0.39, 0.29) is 23.3 Å². The lowest BCUT2D eigenvalue weighted by atomic mass is 10.2. The average Bonchev–Trinajstić information content (AvgIpc) is 2.79. The molecule has 0 unspecified atom stereocenters. The number of rotatable bonds is 7. The molecule has 3 amide bonds. The van der Waals surface area contributed by atoms with E-state index >= 15 is 0 Å². The number of alkyl halides is 3. The number of hydrogen-bond donors (Lipinski definition) is 3. The third-order valence-electron chi connectivity index (χ3n) is 3.91. The number of benzene rings is 2. The van der Waals surface area contributed by atoms with Crippen molar-refractivity contribution < 1.29 is 27.6 Å². The predicted molar refractivity (Wildman–Crippen MR) is 119 cm³/mol. The minimum atomic E-state index is -4.65. The fourth-order valence-electron chi connectivity index (χ4n) is 2.45. The Bertz CT molecular complexity index is 1180. The number of carbonyl (C=O) groups is 2. The highest BCUT2D eigenvalue weighted by Gasteiger charge is 2.33. The summed E-state index contributed by atoms with van der Waals surface area (Å²) in [7, 11) is 0. The van der Waals surface area contributed by atoms with Crippen LogP contribution in [0, 0.1) is 0 Å². The lowest BCUT2D eigenvalue weighted by Gasteiger charge is -2.12. The second-order valence-corrected chi connectivity index (χ2v) is 7.80. The molecule has 1 aromatic heterocycles. The average molecular weight is 513 g/mol. The predicted octanol–water partition coefficient (Wildman–Crippen LogP) is 5.02. The fourth-order valence-corrected chi connectivity index (χ4v) is 3.39. The first-order valence-electron chi connectivity index (χ1n) is 9.49. The SMILES string of the molecule is CCONC(=O)c1ncnc(Sc2ccc(NC(=O)Nc3ccc(Cl)c(C(F)(F)F)c3)cc2)n1. The van der Waals surface area contributed by atoms with Crippen molar-refractivity contribution in [3.8, 4) is 0 Å². The van der Waals surface area contributed by atoms with Crippen LogP contribution in [0.4, 0.5) is 29.3 Å². The van der Waals surface area contributed by atoms with Gasteiger partial charge in [-0.1, -0.05) is 11.6 Å². The van der Waals surface area contributed by atoms with E-state index in [4.69, 9.17) is 16.4 Å². The molecule has 0 aliphatic carbocycles. The number of aromatic nitrogens is 3. The normalized spacial score (nSPS) is 11.1. The molecule has 0 saturated heterocycles. The van der Waals surface area contributed by atoms with Crippen LogP contribution in [-0.4, -0.2) is 33.5 Å². The third kappa shape index (κ3) is 7.04. The zero-order chi connectivity index (χ0) is 24.7. The number of urea groups is 1. The summed E-state index contributed by atoms with van der Waals surface area (Å²) in [5, 5.41) is 4.64. The minimum Gasteiger partial charge on any atom is -0.308 e. The van der Waals surface area contributed by atoms with E-state index < -0.39 is 28.7 Å². The molecule has 0 fully saturated rings. The van der Waals surface area contributed by atoms with Crippen LogP contribution in [0.15, 0.2) is 58.8 Å². The fraction of sp³-hybridized carbons (Fsp3) is 0.150. The quantitative estimate of drug-likeness (QED) is 0.380. The van der Waals surface area contributed by atoms with Crippen LogP contribution in [0.1, 0.15) is 23.1 Å². The van der Waals surface area contributed by atoms with Crippen LogP contribution in [-0.2, 0) is 11.0 Å². The van der Waals surface area contributed by atoms with E-state index in [1.807, 2.05) is 0 Å². The lowest BCUT2D eigenvalue weighted by Crippen LogP contribution is -2.25. The van der Waals surface area contributed by atoms with Crippen LogP contribution >= 0.6 is 23.4 Å². The van der Waals surface area contributed by atoms with Gasteiger partial charge in [0.2, 0.25) is 5.82 Å². The summed E-state index contributed by atoms with van der Waals surface area (Å²) in [5.74, 6) is -0.725. The van der Waals surface area contributed by atoms with Crippen molar-refractivity contribution >= 4 is 46.7 Å². The molecular formula is C20H16ClF3N6O3S. The molecule has 0 spiro atoms. The molecule has 34 heavy (non-hydrogen) atoms. The molecule has 2 aromatic carbocycles. The summed E-state index contributed by atoms with van der Waals surface area (Å²) in [5.41, 5.74) is 1.45. The third-order valence-corrected chi connectivity index (χ3v) is 5.13. The van der Waals surface area contributed by atoms with E-state index in [1.165, 1.54) is 12.4 Å². The van der Waals surface area contributed by atoms with E-state index in [9.17, 15) is 22.8 Å². The summed E-state index contributed by atoms with van der Waals surface area (Å²) in [4.78, 5) is 41.4. The monoisotopic (exact) mass is 512 g/mol. The summed E-state index contributed by atoms with van der Waals surface area (Å²) >= 11 is 6.72. The van der Waals surface area contributed by atoms with Gasteiger partial charge < -0.3 is 10.6 Å². The topological polar surface area (TPSA) is 118 Å². The lowest BCUT2D eigenvalue weighted by molar-refractivity contribution is -0.137. The van der Waals surface area contributed by atoms with Gasteiger partial charge >= 0.3 is 18.1 Å². The first kappa shape index (κ1) is 25.2. The zero-order valence-corrected chi connectivity index (χ0v) is 18.9. The van der Waals surface area contributed by atoms with Gasteiger partial charge in [0.1, 0.15) is 6.33 Å². The van der Waals surface area contributed by atoms with Gasteiger partial charge in [-0.05, 0) is 61.2 Å². The number of amides is 3. The van der Waals surface area contributed by atoms with Gasteiger partial charge in [0.25, 0.3) is 0 Å². The van der Waals surface area contributed by atoms with Crippen molar-refractivity contribution in [1.82, 2.24) is 20.4 Å². The van der Waals surface area contributed by atoms with Crippen LogP contribution in [0.3, 0.4) is 0 Å². The molecule has 178 valence electrons. The number of carbonyl (C=O) groups excluding carboxylic acids is 2. The van der Waals surface area contributed by atoms with Crippen LogP contribution in [0.2, 0.25) is 5.02 Å². The number of nitrogens with one attached hydrogen (secondary N) is 3. The molecule has 0 bridgehead atoms. The summed E-state index contributed by atoms with van der Waals surface area (Å²) in [6.45, 7) is 1.99. The Kier molecular flexibility index (Phi) is 8.26. The zero-order valence-electron chi connectivity index (χ0n) is 17.3. The van der Waals surface area contributed by atoms with Gasteiger partial charge in [-0.15, -0.1) is 0 Å². The maximum Gasteiger partial charge on any atom is 0.417 e. The smallest absolute Gasteiger partial charge is 0.308 e. The molecular weight excluding hydrogens is 497 g/mol. The summed E-state index contributed by atoms with van der Waals surface area (Å²) < 4.78 is 38.9. The number of nitrogens with zero attached hydrogens (tertiary/aromatic N) is 3. The Balaban J connectivity index is 1.60. The van der Waals surface area contributed by atoms with E-state index in [0.717, 1.165) is 23.9 Å². The van der Waals surface area contributed by atoms with Crippen molar-refractivity contribution in [3.05, 3.63) is 65.2 Å². The summed E-state index contributed by atoms with van der Waals surface area (Å²) in [6.07, 6.45) is -3.46. The molecule has 1 heterocycles. The molecule has 0 radical (unpaired) electrons. The second kappa shape index (κ2) is 11.1.